The average molecular weight is 343 g/mol. The van der Waals surface area contributed by atoms with Crippen LogP contribution in [0, 0.1) is 5.92 Å². The molecular weight excluding hydrogens is 318 g/mol. The Hall–Kier alpha value is -2.31. The molecule has 1 aromatic rings. The number of anilines is 1. The molecule has 2 N–H and O–H groups in total. The molecule has 3 fully saturated rings. The van der Waals surface area contributed by atoms with Gasteiger partial charge in [0.2, 0.25) is 5.91 Å². The maximum Gasteiger partial charge on any atom is 0.315 e. The SMILES string of the molecule is O=C1NCC(CCC(=O)N2CCN(c3ccncc3)CC2)(C2CC2)N1. The molecule has 3 aliphatic rings. The molecule has 0 spiro atoms. The summed E-state index contributed by atoms with van der Waals surface area (Å²) in [6.07, 6.45) is 7.15. The van der Waals surface area contributed by atoms with Crippen molar-refractivity contribution in [3.05, 3.63) is 24.5 Å². The van der Waals surface area contributed by atoms with Gasteiger partial charge in [0.05, 0.1) is 5.54 Å². The number of carbonyl (C=O) groups excluding carboxylic acids is 2. The van der Waals surface area contributed by atoms with E-state index in [2.05, 4.69) is 20.5 Å². The van der Waals surface area contributed by atoms with E-state index in [0.717, 1.165) is 51.1 Å². The number of nitrogens with one attached hydrogen (secondary N) is 2. The van der Waals surface area contributed by atoms with Crippen molar-refractivity contribution in [2.45, 2.75) is 31.2 Å². The van der Waals surface area contributed by atoms with Crippen molar-refractivity contribution >= 4 is 17.6 Å². The van der Waals surface area contributed by atoms with E-state index in [1.165, 1.54) is 0 Å². The molecule has 0 radical (unpaired) electrons. The molecule has 3 amide bonds. The Bertz CT molecular complexity index is 640. The minimum absolute atomic E-state index is 0.0923. The Morgan fingerprint density at radius 3 is 2.52 bits per heavy atom. The molecule has 0 bridgehead atoms. The first-order valence-corrected chi connectivity index (χ1v) is 9.15. The van der Waals surface area contributed by atoms with Crippen molar-refractivity contribution in [3.8, 4) is 0 Å². The number of hydrogen-bond acceptors (Lipinski definition) is 4. The van der Waals surface area contributed by atoms with E-state index in [0.29, 0.717) is 18.9 Å². The summed E-state index contributed by atoms with van der Waals surface area (Å²) in [5.41, 5.74) is 0.959. The van der Waals surface area contributed by atoms with Crippen LogP contribution in [-0.4, -0.2) is 60.1 Å². The number of urea groups is 1. The van der Waals surface area contributed by atoms with Gasteiger partial charge in [0.15, 0.2) is 0 Å². The zero-order valence-corrected chi connectivity index (χ0v) is 14.4. The number of piperazine rings is 1. The summed E-state index contributed by atoms with van der Waals surface area (Å²) in [7, 11) is 0. The van der Waals surface area contributed by atoms with E-state index in [1.807, 2.05) is 17.0 Å². The minimum Gasteiger partial charge on any atom is -0.368 e. The van der Waals surface area contributed by atoms with Crippen LogP contribution in [0.4, 0.5) is 10.5 Å². The third-order valence-corrected chi connectivity index (χ3v) is 5.73. The van der Waals surface area contributed by atoms with Crippen LogP contribution < -0.4 is 15.5 Å². The lowest BCUT2D eigenvalue weighted by Crippen LogP contribution is -2.50. The van der Waals surface area contributed by atoms with Gasteiger partial charge in [-0.3, -0.25) is 9.78 Å². The molecule has 1 aromatic heterocycles. The van der Waals surface area contributed by atoms with Crippen molar-refractivity contribution < 1.29 is 9.59 Å². The van der Waals surface area contributed by atoms with Gasteiger partial charge in [-0.05, 0) is 37.3 Å². The van der Waals surface area contributed by atoms with Crippen LogP contribution >= 0.6 is 0 Å². The minimum atomic E-state index is -0.203. The van der Waals surface area contributed by atoms with E-state index in [9.17, 15) is 9.59 Å². The average Bonchev–Trinajstić information content (AvgIpc) is 3.45. The Morgan fingerprint density at radius 1 is 1.20 bits per heavy atom. The number of hydrogen-bond donors (Lipinski definition) is 2. The lowest BCUT2D eigenvalue weighted by molar-refractivity contribution is -0.131. The topological polar surface area (TPSA) is 77.6 Å². The molecule has 1 atom stereocenters. The maximum absolute atomic E-state index is 12.6. The summed E-state index contributed by atoms with van der Waals surface area (Å²) in [4.78, 5) is 32.5. The lowest BCUT2D eigenvalue weighted by Gasteiger charge is -2.37. The molecule has 0 aromatic carbocycles. The molecule has 25 heavy (non-hydrogen) atoms. The Balaban J connectivity index is 1.28. The molecule has 4 rings (SSSR count). The summed E-state index contributed by atoms with van der Waals surface area (Å²) < 4.78 is 0. The third-order valence-electron chi connectivity index (χ3n) is 5.73. The first-order chi connectivity index (χ1) is 12.2. The number of rotatable bonds is 5. The van der Waals surface area contributed by atoms with Crippen molar-refractivity contribution in [3.63, 3.8) is 0 Å². The van der Waals surface area contributed by atoms with Crippen LogP contribution in [0.1, 0.15) is 25.7 Å². The molecule has 3 heterocycles. The van der Waals surface area contributed by atoms with Crippen molar-refractivity contribution in [1.82, 2.24) is 20.5 Å². The molecule has 1 unspecified atom stereocenters. The van der Waals surface area contributed by atoms with Gasteiger partial charge in [0, 0.05) is 57.2 Å². The fourth-order valence-electron chi connectivity index (χ4n) is 4.05. The van der Waals surface area contributed by atoms with E-state index in [1.54, 1.807) is 12.4 Å². The zero-order chi connectivity index (χ0) is 17.3. The molecule has 1 aliphatic carbocycles. The van der Waals surface area contributed by atoms with Crippen molar-refractivity contribution in [2.75, 3.05) is 37.6 Å². The van der Waals surface area contributed by atoms with Gasteiger partial charge >= 0.3 is 6.03 Å². The summed E-state index contributed by atoms with van der Waals surface area (Å²) in [5, 5.41) is 5.95. The molecular formula is C18H25N5O2. The van der Waals surface area contributed by atoms with E-state index < -0.39 is 0 Å². The lowest BCUT2D eigenvalue weighted by atomic mass is 9.88. The van der Waals surface area contributed by atoms with E-state index in [4.69, 9.17) is 0 Å². The number of carbonyl (C=O) groups is 2. The second-order valence-electron chi connectivity index (χ2n) is 7.31. The molecule has 7 heteroatoms. The first kappa shape index (κ1) is 16.2. The summed E-state index contributed by atoms with van der Waals surface area (Å²) in [5.74, 6) is 0.735. The number of pyridine rings is 1. The summed E-state index contributed by atoms with van der Waals surface area (Å²) in [6.45, 7) is 3.85. The summed E-state index contributed by atoms with van der Waals surface area (Å²) >= 11 is 0. The van der Waals surface area contributed by atoms with E-state index >= 15 is 0 Å². The van der Waals surface area contributed by atoms with Crippen LogP contribution in [0.15, 0.2) is 24.5 Å². The zero-order valence-electron chi connectivity index (χ0n) is 14.4. The maximum atomic E-state index is 12.6. The van der Waals surface area contributed by atoms with Crippen LogP contribution in [0.2, 0.25) is 0 Å². The normalized spacial score (nSPS) is 26.3. The van der Waals surface area contributed by atoms with Gasteiger partial charge in [-0.15, -0.1) is 0 Å². The van der Waals surface area contributed by atoms with Gasteiger partial charge < -0.3 is 20.4 Å². The highest BCUT2D eigenvalue weighted by Crippen LogP contribution is 2.43. The van der Waals surface area contributed by atoms with Gasteiger partial charge in [-0.25, -0.2) is 4.79 Å². The fourth-order valence-corrected chi connectivity index (χ4v) is 4.05. The largest absolute Gasteiger partial charge is 0.368 e. The molecule has 1 saturated carbocycles. The number of nitrogens with zero attached hydrogens (tertiary/aromatic N) is 3. The Morgan fingerprint density at radius 2 is 1.92 bits per heavy atom. The number of amides is 3. The Kier molecular flexibility index (Phi) is 4.23. The van der Waals surface area contributed by atoms with Crippen molar-refractivity contribution in [2.24, 2.45) is 5.92 Å². The molecule has 2 aliphatic heterocycles. The Labute approximate surface area is 147 Å². The fraction of sp³-hybridized carbons (Fsp3) is 0.611. The molecule has 134 valence electrons. The summed E-state index contributed by atoms with van der Waals surface area (Å²) in [6, 6.07) is 3.92. The molecule has 7 nitrogen and oxygen atoms in total. The van der Waals surface area contributed by atoms with E-state index in [-0.39, 0.29) is 17.5 Å². The first-order valence-electron chi connectivity index (χ1n) is 9.15. The van der Waals surface area contributed by atoms with Crippen LogP contribution in [0.25, 0.3) is 0 Å². The smallest absolute Gasteiger partial charge is 0.315 e. The van der Waals surface area contributed by atoms with Gasteiger partial charge in [0.25, 0.3) is 0 Å². The monoisotopic (exact) mass is 343 g/mol. The quantitative estimate of drug-likeness (QED) is 0.835. The number of aromatic nitrogens is 1. The van der Waals surface area contributed by atoms with Gasteiger partial charge in [-0.2, -0.15) is 0 Å². The van der Waals surface area contributed by atoms with Crippen LogP contribution in [0.3, 0.4) is 0 Å². The highest BCUT2D eigenvalue weighted by atomic mass is 16.2. The predicted octanol–water partition coefficient (Wildman–Crippen LogP) is 0.972. The highest BCUT2D eigenvalue weighted by molar-refractivity contribution is 5.79. The van der Waals surface area contributed by atoms with Crippen molar-refractivity contribution in [1.29, 1.82) is 0 Å². The van der Waals surface area contributed by atoms with Crippen LogP contribution in [0.5, 0.6) is 0 Å². The standard InChI is InChI=1S/C18H25N5O2/c24-16(3-6-18(14-1-2-14)13-20-17(25)21-18)23-11-9-22(10-12-23)15-4-7-19-8-5-15/h4-5,7-8,14H,1-3,6,9-13H2,(H2,20,21,25). The van der Waals surface area contributed by atoms with Crippen LogP contribution in [-0.2, 0) is 4.79 Å². The second-order valence-corrected chi connectivity index (χ2v) is 7.31. The predicted molar refractivity (Wildman–Crippen MR) is 94.3 cm³/mol. The third kappa shape index (κ3) is 3.41. The highest BCUT2D eigenvalue weighted by Gasteiger charge is 2.49. The second kappa shape index (κ2) is 6.54. The van der Waals surface area contributed by atoms with Gasteiger partial charge in [0.1, 0.15) is 0 Å². The van der Waals surface area contributed by atoms with Gasteiger partial charge in [-0.1, -0.05) is 0 Å². The molecule has 2 saturated heterocycles.